The monoisotopic (exact) mass is 202 g/mol. The first-order valence-electron chi connectivity index (χ1n) is 3.72. The first-order valence-corrected chi connectivity index (χ1v) is 4.54. The maximum atomic E-state index is 12.5. The molecule has 0 aromatic rings. The van der Waals surface area contributed by atoms with E-state index in [1.807, 2.05) is 0 Å². The van der Waals surface area contributed by atoms with Crippen molar-refractivity contribution in [2.24, 2.45) is 5.92 Å². The molecule has 4 heteroatoms. The van der Waals surface area contributed by atoms with Crippen molar-refractivity contribution in [2.75, 3.05) is 0 Å². The van der Waals surface area contributed by atoms with Crippen molar-refractivity contribution in [3.8, 4) is 0 Å². The van der Waals surface area contributed by atoms with Gasteiger partial charge in [0, 0.05) is 5.38 Å². The van der Waals surface area contributed by atoms with Gasteiger partial charge in [-0.1, -0.05) is 12.8 Å². The maximum absolute atomic E-state index is 12.5. The van der Waals surface area contributed by atoms with Crippen LogP contribution in [0.5, 0.6) is 0 Å². The quantitative estimate of drug-likeness (QED) is 0.571. The molecule has 0 aromatic carbocycles. The summed E-state index contributed by atoms with van der Waals surface area (Å²) in [5.41, 5.74) is 0. The minimum atomic E-state index is -3.12. The molecule has 0 nitrogen and oxygen atoms in total. The summed E-state index contributed by atoms with van der Waals surface area (Å²) in [7, 11) is 0. The lowest BCUT2D eigenvalue weighted by Gasteiger charge is -2.29. The number of hydrogen-bond donors (Lipinski definition) is 0. The molecule has 1 aliphatic rings. The molecular weight excluding hydrogens is 193 g/mol. The molecule has 0 spiro atoms. The number of rotatable bonds is 1. The van der Waals surface area contributed by atoms with Crippen molar-refractivity contribution in [3.63, 3.8) is 0 Å². The van der Waals surface area contributed by atoms with Gasteiger partial charge in [-0.2, -0.15) is 8.78 Å². The van der Waals surface area contributed by atoms with E-state index in [1.165, 1.54) is 0 Å². The molecule has 0 bridgehead atoms. The second kappa shape index (κ2) is 3.44. The maximum Gasteiger partial charge on any atom is 0.325 e. The summed E-state index contributed by atoms with van der Waals surface area (Å²) >= 11 is 10.6. The topological polar surface area (TPSA) is 0 Å². The molecular formula is C7H10Cl2F2. The van der Waals surface area contributed by atoms with Gasteiger partial charge >= 0.3 is 5.38 Å². The zero-order valence-electron chi connectivity index (χ0n) is 5.99. The second-order valence-electron chi connectivity index (χ2n) is 2.95. The van der Waals surface area contributed by atoms with Crippen LogP contribution in [0, 0.1) is 5.92 Å². The Morgan fingerprint density at radius 3 is 2.09 bits per heavy atom. The highest BCUT2D eigenvalue weighted by molar-refractivity contribution is 6.24. The molecule has 0 aliphatic heterocycles. The SMILES string of the molecule is FC(F)(Cl)[C@@H]1CCCC[C@@H]1Cl. The van der Waals surface area contributed by atoms with Crippen molar-refractivity contribution < 1.29 is 8.78 Å². The molecule has 1 rings (SSSR count). The third-order valence-corrected chi connectivity index (χ3v) is 2.90. The van der Waals surface area contributed by atoms with Gasteiger partial charge in [0.2, 0.25) is 0 Å². The standard InChI is InChI=1S/C7H10Cl2F2/c8-6-4-2-1-3-5(6)7(9,10)11/h5-6H,1-4H2/t5-,6+/m1/s1. The van der Waals surface area contributed by atoms with Crippen molar-refractivity contribution in [1.29, 1.82) is 0 Å². The summed E-state index contributed by atoms with van der Waals surface area (Å²) in [6.07, 6.45) is 2.87. The Morgan fingerprint density at radius 1 is 1.18 bits per heavy atom. The Balaban J connectivity index is 2.55. The van der Waals surface area contributed by atoms with E-state index in [1.54, 1.807) is 0 Å². The Labute approximate surface area is 74.9 Å². The third-order valence-electron chi connectivity index (χ3n) is 2.10. The van der Waals surface area contributed by atoms with Crippen LogP contribution >= 0.6 is 23.2 Å². The van der Waals surface area contributed by atoms with Crippen LogP contribution in [0.3, 0.4) is 0 Å². The lowest BCUT2D eigenvalue weighted by Crippen LogP contribution is -2.32. The number of halogens is 4. The summed E-state index contributed by atoms with van der Waals surface area (Å²) in [5.74, 6) is -0.834. The highest BCUT2D eigenvalue weighted by Crippen LogP contribution is 2.41. The summed E-state index contributed by atoms with van der Waals surface area (Å²) in [5, 5.41) is -3.57. The molecule has 2 atom stereocenters. The van der Waals surface area contributed by atoms with Crippen LogP contribution in [0.15, 0.2) is 0 Å². The summed E-state index contributed by atoms with van der Waals surface area (Å²) in [6.45, 7) is 0. The molecule has 0 aromatic heterocycles. The summed E-state index contributed by atoms with van der Waals surface area (Å²) in [4.78, 5) is 0. The fourth-order valence-corrected chi connectivity index (χ4v) is 2.22. The van der Waals surface area contributed by atoms with Gasteiger partial charge in [0.15, 0.2) is 0 Å². The first-order chi connectivity index (χ1) is 5.02. The molecule has 66 valence electrons. The van der Waals surface area contributed by atoms with E-state index >= 15 is 0 Å². The van der Waals surface area contributed by atoms with Crippen molar-refractivity contribution in [2.45, 2.75) is 36.4 Å². The van der Waals surface area contributed by atoms with E-state index in [0.717, 1.165) is 12.8 Å². The van der Waals surface area contributed by atoms with Crippen LogP contribution < -0.4 is 0 Å². The Morgan fingerprint density at radius 2 is 1.73 bits per heavy atom. The number of hydrogen-bond acceptors (Lipinski definition) is 0. The molecule has 0 heterocycles. The molecule has 0 unspecified atom stereocenters. The molecule has 1 saturated carbocycles. The van der Waals surface area contributed by atoms with Crippen molar-refractivity contribution >= 4 is 23.2 Å². The van der Waals surface area contributed by atoms with E-state index < -0.39 is 16.7 Å². The van der Waals surface area contributed by atoms with E-state index in [-0.39, 0.29) is 0 Å². The smallest absolute Gasteiger partial charge is 0.188 e. The molecule has 1 fully saturated rings. The van der Waals surface area contributed by atoms with Gasteiger partial charge in [0.25, 0.3) is 0 Å². The highest BCUT2D eigenvalue weighted by Gasteiger charge is 2.42. The zero-order valence-corrected chi connectivity index (χ0v) is 7.51. The van der Waals surface area contributed by atoms with Gasteiger partial charge < -0.3 is 0 Å². The van der Waals surface area contributed by atoms with Crippen LogP contribution in [-0.4, -0.2) is 10.8 Å². The van der Waals surface area contributed by atoms with Gasteiger partial charge in [-0.3, -0.25) is 0 Å². The Bertz CT molecular complexity index is 133. The largest absolute Gasteiger partial charge is 0.325 e. The predicted molar refractivity (Wildman–Crippen MR) is 42.4 cm³/mol. The zero-order chi connectivity index (χ0) is 8.48. The van der Waals surface area contributed by atoms with Crippen LogP contribution in [0.25, 0.3) is 0 Å². The molecule has 11 heavy (non-hydrogen) atoms. The fourth-order valence-electron chi connectivity index (χ4n) is 1.45. The minimum Gasteiger partial charge on any atom is -0.188 e. The predicted octanol–water partition coefficient (Wildman–Crippen LogP) is 3.62. The number of alkyl halides is 4. The van der Waals surface area contributed by atoms with Crippen molar-refractivity contribution in [1.82, 2.24) is 0 Å². The van der Waals surface area contributed by atoms with Crippen molar-refractivity contribution in [3.05, 3.63) is 0 Å². The average Bonchev–Trinajstić information content (AvgIpc) is 1.86. The minimum absolute atomic E-state index is 0.448. The van der Waals surface area contributed by atoms with E-state index in [2.05, 4.69) is 0 Å². The van der Waals surface area contributed by atoms with E-state index in [9.17, 15) is 8.78 Å². The lowest BCUT2D eigenvalue weighted by atomic mass is 9.89. The van der Waals surface area contributed by atoms with Gasteiger partial charge in [-0.15, -0.1) is 11.6 Å². The van der Waals surface area contributed by atoms with Crippen LogP contribution in [0.4, 0.5) is 8.78 Å². The molecule has 0 saturated heterocycles. The second-order valence-corrected chi connectivity index (χ2v) is 4.01. The summed E-state index contributed by atoms with van der Waals surface area (Å²) in [6, 6.07) is 0. The normalized spacial score (nSPS) is 33.8. The lowest BCUT2D eigenvalue weighted by molar-refractivity contribution is 0.0134. The van der Waals surface area contributed by atoms with Gasteiger partial charge in [-0.05, 0) is 24.4 Å². The van der Waals surface area contributed by atoms with Gasteiger partial charge in [0.1, 0.15) is 0 Å². The van der Waals surface area contributed by atoms with Gasteiger partial charge in [-0.25, -0.2) is 0 Å². The molecule has 1 aliphatic carbocycles. The fraction of sp³-hybridized carbons (Fsp3) is 1.00. The van der Waals surface area contributed by atoms with Crippen LogP contribution in [-0.2, 0) is 0 Å². The van der Waals surface area contributed by atoms with E-state index in [4.69, 9.17) is 23.2 Å². The Kier molecular flexibility index (Phi) is 2.98. The summed E-state index contributed by atoms with van der Waals surface area (Å²) < 4.78 is 25.1. The molecule has 0 amide bonds. The van der Waals surface area contributed by atoms with E-state index in [0.29, 0.717) is 12.8 Å². The molecule has 0 N–H and O–H groups in total. The third kappa shape index (κ3) is 2.45. The van der Waals surface area contributed by atoms with Crippen LogP contribution in [0.1, 0.15) is 25.7 Å². The average molecular weight is 203 g/mol. The molecule has 0 radical (unpaired) electrons. The van der Waals surface area contributed by atoms with Gasteiger partial charge in [0.05, 0.1) is 5.92 Å². The van der Waals surface area contributed by atoms with Crippen LogP contribution in [0.2, 0.25) is 0 Å². The first kappa shape index (κ1) is 9.53. The Hall–Kier alpha value is 0.440. The highest BCUT2D eigenvalue weighted by atomic mass is 35.5.